The number of benzene rings is 3. The van der Waals surface area contributed by atoms with Crippen molar-refractivity contribution in [2.75, 3.05) is 13.2 Å². The lowest BCUT2D eigenvalue weighted by Gasteiger charge is -2.17. The molecule has 0 saturated heterocycles. The summed E-state index contributed by atoms with van der Waals surface area (Å²) in [5.74, 6) is -1.30. The largest absolute Gasteiger partial charge is 0.480 e. The number of ether oxygens (including phenoxy) is 2. The van der Waals surface area contributed by atoms with Gasteiger partial charge >= 0.3 is 23.8 Å². The van der Waals surface area contributed by atoms with E-state index in [1.54, 1.807) is 24.3 Å². The minimum atomic E-state index is -1.17. The van der Waals surface area contributed by atoms with Crippen molar-refractivity contribution in [2.24, 2.45) is 0 Å². The first kappa shape index (κ1) is 28.4. The molecule has 216 valence electrons. The zero-order valence-electron chi connectivity index (χ0n) is 22.7. The molecule has 1 heterocycles. The minimum Gasteiger partial charge on any atom is -0.480 e. The summed E-state index contributed by atoms with van der Waals surface area (Å²) < 4.78 is 15.8. The van der Waals surface area contributed by atoms with Crippen LogP contribution in [-0.4, -0.2) is 42.5 Å². The van der Waals surface area contributed by atoms with Gasteiger partial charge in [-0.25, -0.2) is 19.2 Å². The zero-order chi connectivity index (χ0) is 29.5. The van der Waals surface area contributed by atoms with Crippen molar-refractivity contribution in [1.82, 2.24) is 10.6 Å². The van der Waals surface area contributed by atoms with Crippen LogP contribution in [0.2, 0.25) is 0 Å². The molecule has 3 N–H and O–H groups in total. The third-order valence-electron chi connectivity index (χ3n) is 7.22. The molecule has 5 rings (SSSR count). The number of rotatable bonds is 11. The van der Waals surface area contributed by atoms with E-state index >= 15 is 0 Å². The first-order chi connectivity index (χ1) is 20.4. The van der Waals surface area contributed by atoms with Gasteiger partial charge in [-0.2, -0.15) is 0 Å². The molecule has 3 aromatic carbocycles. The van der Waals surface area contributed by atoms with E-state index in [-0.39, 0.29) is 32.1 Å². The van der Waals surface area contributed by atoms with Crippen LogP contribution in [-0.2, 0) is 20.9 Å². The SMILES string of the molecule is O=C(NCCCC[C@H](NC(=O)OCC1c2ccccc2-c2ccccc21)C(=O)O)OCc1cc(=O)oc2ccccc12. The summed E-state index contributed by atoms with van der Waals surface area (Å²) in [6.07, 6.45) is -0.427. The van der Waals surface area contributed by atoms with E-state index in [0.717, 1.165) is 22.3 Å². The lowest BCUT2D eigenvalue weighted by atomic mass is 9.98. The summed E-state index contributed by atoms with van der Waals surface area (Å²) in [6, 6.07) is 23.0. The molecule has 4 aromatic rings. The number of unbranched alkanes of at least 4 members (excludes halogenated alkanes) is 1. The molecule has 1 aromatic heterocycles. The number of para-hydroxylation sites is 1. The van der Waals surface area contributed by atoms with Crippen LogP contribution in [0.5, 0.6) is 0 Å². The second-order valence-corrected chi connectivity index (χ2v) is 9.95. The molecule has 0 aliphatic heterocycles. The Hall–Kier alpha value is -5.12. The van der Waals surface area contributed by atoms with Crippen molar-refractivity contribution >= 4 is 29.1 Å². The normalized spacial score (nSPS) is 12.7. The van der Waals surface area contributed by atoms with Crippen LogP contribution in [0.1, 0.15) is 41.9 Å². The third kappa shape index (κ3) is 6.60. The second-order valence-electron chi connectivity index (χ2n) is 9.95. The van der Waals surface area contributed by atoms with Crippen molar-refractivity contribution < 1.29 is 33.4 Å². The van der Waals surface area contributed by atoms with Gasteiger partial charge in [0.05, 0.1) is 0 Å². The van der Waals surface area contributed by atoms with E-state index in [4.69, 9.17) is 13.9 Å². The van der Waals surface area contributed by atoms with E-state index in [9.17, 15) is 24.3 Å². The highest BCUT2D eigenvalue weighted by Gasteiger charge is 2.29. The molecule has 2 amide bonds. The first-order valence-electron chi connectivity index (χ1n) is 13.7. The van der Waals surface area contributed by atoms with Gasteiger partial charge < -0.3 is 29.6 Å². The number of amides is 2. The number of hydrogen-bond donors (Lipinski definition) is 3. The average Bonchev–Trinajstić information content (AvgIpc) is 3.31. The van der Waals surface area contributed by atoms with Gasteiger partial charge in [0.15, 0.2) is 0 Å². The number of carbonyl (C=O) groups excluding carboxylic acids is 2. The second kappa shape index (κ2) is 13.0. The Kier molecular flexibility index (Phi) is 8.81. The molecule has 1 atom stereocenters. The van der Waals surface area contributed by atoms with Gasteiger partial charge in [0.1, 0.15) is 24.8 Å². The smallest absolute Gasteiger partial charge is 0.407 e. The van der Waals surface area contributed by atoms with E-state index in [0.29, 0.717) is 29.4 Å². The number of carboxylic acids is 1. The van der Waals surface area contributed by atoms with E-state index in [1.807, 2.05) is 48.5 Å². The van der Waals surface area contributed by atoms with Crippen LogP contribution in [0, 0.1) is 0 Å². The Balaban J connectivity index is 1.04. The summed E-state index contributed by atoms with van der Waals surface area (Å²) in [5.41, 5.74) is 4.73. The van der Waals surface area contributed by atoms with Crippen molar-refractivity contribution in [3.05, 3.63) is 106 Å². The highest BCUT2D eigenvalue weighted by Crippen LogP contribution is 2.44. The Morgan fingerprint density at radius 1 is 0.857 bits per heavy atom. The summed E-state index contributed by atoms with van der Waals surface area (Å²) >= 11 is 0. The molecule has 1 aliphatic rings. The summed E-state index contributed by atoms with van der Waals surface area (Å²) in [6.45, 7) is 0.221. The number of fused-ring (bicyclic) bond motifs is 4. The molecular formula is C32H30N2O8. The van der Waals surface area contributed by atoms with Gasteiger partial charge in [0.2, 0.25) is 0 Å². The van der Waals surface area contributed by atoms with Gasteiger partial charge in [-0.3, -0.25) is 0 Å². The zero-order valence-corrected chi connectivity index (χ0v) is 22.7. The van der Waals surface area contributed by atoms with Gasteiger partial charge in [0.25, 0.3) is 0 Å². The quantitative estimate of drug-likeness (QED) is 0.165. The molecule has 0 saturated carbocycles. The highest BCUT2D eigenvalue weighted by molar-refractivity contribution is 5.81. The molecule has 0 radical (unpaired) electrons. The summed E-state index contributed by atoms with van der Waals surface area (Å²) in [5, 5.41) is 15.3. The fourth-order valence-electron chi connectivity index (χ4n) is 5.20. The van der Waals surface area contributed by atoms with Crippen LogP contribution < -0.4 is 16.3 Å². The standard InChI is InChI=1S/C32H30N2O8/c35-29-17-20(21-9-5-6-15-28(21)42-29)18-40-31(38)33-16-8-7-14-27(30(36)37)34-32(39)41-19-26-24-12-3-1-10-22(24)23-11-2-4-13-25(23)26/h1-6,9-13,15,17,26-27H,7-8,14,16,18-19H2,(H,33,38)(H,34,39)(H,36,37)/t27-/m0/s1. The van der Waals surface area contributed by atoms with Crippen molar-refractivity contribution in [3.8, 4) is 11.1 Å². The van der Waals surface area contributed by atoms with Gasteiger partial charge in [0, 0.05) is 29.5 Å². The number of carboxylic acid groups (broad SMARTS) is 1. The maximum absolute atomic E-state index is 12.5. The number of aliphatic carboxylic acids is 1. The molecule has 0 fully saturated rings. The Morgan fingerprint density at radius 3 is 2.24 bits per heavy atom. The molecule has 10 nitrogen and oxygen atoms in total. The van der Waals surface area contributed by atoms with E-state index < -0.39 is 29.8 Å². The summed E-state index contributed by atoms with van der Waals surface area (Å²) in [7, 11) is 0. The van der Waals surface area contributed by atoms with E-state index in [1.165, 1.54) is 6.07 Å². The maximum Gasteiger partial charge on any atom is 0.407 e. The topological polar surface area (TPSA) is 144 Å². The highest BCUT2D eigenvalue weighted by atomic mass is 16.6. The Bertz CT molecular complexity index is 1620. The van der Waals surface area contributed by atoms with Crippen LogP contribution in [0.4, 0.5) is 9.59 Å². The number of carbonyl (C=O) groups is 3. The van der Waals surface area contributed by atoms with Crippen LogP contribution >= 0.6 is 0 Å². The maximum atomic E-state index is 12.5. The molecule has 0 unspecified atom stereocenters. The molecule has 0 bridgehead atoms. The lowest BCUT2D eigenvalue weighted by Crippen LogP contribution is -2.41. The molecular weight excluding hydrogens is 540 g/mol. The number of nitrogens with one attached hydrogen (secondary N) is 2. The predicted octanol–water partition coefficient (Wildman–Crippen LogP) is 5.18. The average molecular weight is 571 g/mol. The fraction of sp³-hybridized carbons (Fsp3) is 0.250. The van der Waals surface area contributed by atoms with Crippen molar-refractivity contribution in [3.63, 3.8) is 0 Å². The van der Waals surface area contributed by atoms with Crippen LogP contribution in [0.3, 0.4) is 0 Å². The molecule has 0 spiro atoms. The Morgan fingerprint density at radius 2 is 1.52 bits per heavy atom. The van der Waals surface area contributed by atoms with Gasteiger partial charge in [-0.1, -0.05) is 66.7 Å². The van der Waals surface area contributed by atoms with Gasteiger partial charge in [-0.05, 0) is 47.6 Å². The molecule has 10 heteroatoms. The van der Waals surface area contributed by atoms with E-state index in [2.05, 4.69) is 10.6 Å². The Labute approximate surface area is 241 Å². The van der Waals surface area contributed by atoms with Crippen molar-refractivity contribution in [1.29, 1.82) is 0 Å². The van der Waals surface area contributed by atoms with Crippen LogP contribution in [0.25, 0.3) is 22.1 Å². The fourth-order valence-corrected chi connectivity index (χ4v) is 5.20. The first-order valence-corrected chi connectivity index (χ1v) is 13.7. The van der Waals surface area contributed by atoms with Gasteiger partial charge in [-0.15, -0.1) is 0 Å². The summed E-state index contributed by atoms with van der Waals surface area (Å²) in [4.78, 5) is 48.1. The lowest BCUT2D eigenvalue weighted by molar-refractivity contribution is -0.139. The third-order valence-corrected chi connectivity index (χ3v) is 7.22. The predicted molar refractivity (Wildman–Crippen MR) is 154 cm³/mol. The number of hydrogen-bond acceptors (Lipinski definition) is 7. The molecule has 42 heavy (non-hydrogen) atoms. The molecule has 1 aliphatic carbocycles. The minimum absolute atomic E-state index is 0.0852. The van der Waals surface area contributed by atoms with Crippen LogP contribution in [0.15, 0.2) is 88.1 Å². The number of alkyl carbamates (subject to hydrolysis) is 2. The monoisotopic (exact) mass is 570 g/mol. The van der Waals surface area contributed by atoms with Crippen molar-refractivity contribution in [2.45, 2.75) is 37.8 Å².